The SMILES string of the molecule is C[C@H]1CC(=O)NC1Cc1ccccc1. The van der Waals surface area contributed by atoms with Gasteiger partial charge >= 0.3 is 0 Å². The smallest absolute Gasteiger partial charge is 0.220 e. The maximum absolute atomic E-state index is 11.1. The van der Waals surface area contributed by atoms with E-state index in [0.29, 0.717) is 18.4 Å². The molecule has 0 aliphatic carbocycles. The molecule has 0 bridgehead atoms. The average molecular weight is 189 g/mol. The lowest BCUT2D eigenvalue weighted by Crippen LogP contribution is -2.30. The van der Waals surface area contributed by atoms with Crippen LogP contribution in [-0.2, 0) is 11.2 Å². The number of hydrogen-bond acceptors (Lipinski definition) is 1. The van der Waals surface area contributed by atoms with Crippen LogP contribution in [0.15, 0.2) is 30.3 Å². The van der Waals surface area contributed by atoms with Gasteiger partial charge in [0.25, 0.3) is 0 Å². The Morgan fingerprint density at radius 3 is 2.64 bits per heavy atom. The van der Waals surface area contributed by atoms with Crippen molar-refractivity contribution in [2.24, 2.45) is 5.92 Å². The van der Waals surface area contributed by atoms with E-state index in [1.165, 1.54) is 5.56 Å². The van der Waals surface area contributed by atoms with Gasteiger partial charge in [0, 0.05) is 12.5 Å². The molecule has 0 spiro atoms. The van der Waals surface area contributed by atoms with E-state index >= 15 is 0 Å². The van der Waals surface area contributed by atoms with Crippen LogP contribution in [0.3, 0.4) is 0 Å². The largest absolute Gasteiger partial charge is 0.353 e. The predicted octanol–water partition coefficient (Wildman–Crippen LogP) is 1.75. The summed E-state index contributed by atoms with van der Waals surface area (Å²) in [5, 5.41) is 3.01. The summed E-state index contributed by atoms with van der Waals surface area (Å²) in [6.45, 7) is 2.13. The molecule has 2 atom stereocenters. The lowest BCUT2D eigenvalue weighted by molar-refractivity contribution is -0.119. The highest BCUT2D eigenvalue weighted by Gasteiger charge is 2.28. The summed E-state index contributed by atoms with van der Waals surface area (Å²) in [6.07, 6.45) is 1.63. The zero-order chi connectivity index (χ0) is 9.97. The van der Waals surface area contributed by atoms with Crippen LogP contribution >= 0.6 is 0 Å². The van der Waals surface area contributed by atoms with E-state index < -0.39 is 0 Å². The van der Waals surface area contributed by atoms with Crippen LogP contribution in [0.1, 0.15) is 18.9 Å². The first kappa shape index (κ1) is 9.25. The summed E-state index contributed by atoms with van der Waals surface area (Å²) in [7, 11) is 0. The van der Waals surface area contributed by atoms with Gasteiger partial charge in [-0.2, -0.15) is 0 Å². The predicted molar refractivity (Wildman–Crippen MR) is 55.9 cm³/mol. The molecule has 0 saturated carbocycles. The van der Waals surface area contributed by atoms with Gasteiger partial charge in [-0.1, -0.05) is 37.3 Å². The standard InChI is InChI=1S/C12H15NO/c1-9-7-12(14)13-11(9)8-10-5-3-2-4-6-10/h2-6,9,11H,7-8H2,1H3,(H,13,14)/t9-,11?/m0/s1. The van der Waals surface area contributed by atoms with Gasteiger partial charge in [0.2, 0.25) is 5.91 Å². The Morgan fingerprint density at radius 2 is 2.07 bits per heavy atom. The van der Waals surface area contributed by atoms with Gasteiger partial charge in [-0.15, -0.1) is 0 Å². The Kier molecular flexibility index (Phi) is 2.53. The fraction of sp³-hybridized carbons (Fsp3) is 0.417. The Morgan fingerprint density at radius 1 is 1.36 bits per heavy atom. The maximum Gasteiger partial charge on any atom is 0.220 e. The van der Waals surface area contributed by atoms with E-state index in [2.05, 4.69) is 24.4 Å². The quantitative estimate of drug-likeness (QED) is 0.754. The lowest BCUT2D eigenvalue weighted by atomic mass is 9.96. The monoisotopic (exact) mass is 189 g/mol. The van der Waals surface area contributed by atoms with Crippen LogP contribution in [0.5, 0.6) is 0 Å². The van der Waals surface area contributed by atoms with Crippen molar-refractivity contribution in [1.82, 2.24) is 5.32 Å². The summed E-state index contributed by atoms with van der Waals surface area (Å²) >= 11 is 0. The molecule has 1 N–H and O–H groups in total. The van der Waals surface area contributed by atoms with E-state index in [9.17, 15) is 4.79 Å². The fourth-order valence-electron chi connectivity index (χ4n) is 1.96. The highest BCUT2D eigenvalue weighted by Crippen LogP contribution is 2.19. The summed E-state index contributed by atoms with van der Waals surface area (Å²) < 4.78 is 0. The average Bonchev–Trinajstić information content (AvgIpc) is 2.47. The molecule has 0 radical (unpaired) electrons. The molecule has 1 amide bonds. The molecule has 2 heteroatoms. The molecule has 1 unspecified atom stereocenters. The molecule has 1 aromatic carbocycles. The van der Waals surface area contributed by atoms with Gasteiger partial charge < -0.3 is 5.32 Å². The Hall–Kier alpha value is -1.31. The van der Waals surface area contributed by atoms with Gasteiger partial charge in [0.05, 0.1) is 0 Å². The van der Waals surface area contributed by atoms with Crippen LogP contribution in [-0.4, -0.2) is 11.9 Å². The molecule has 14 heavy (non-hydrogen) atoms. The van der Waals surface area contributed by atoms with Crippen molar-refractivity contribution >= 4 is 5.91 Å². The normalized spacial score (nSPS) is 26.2. The third-order valence-electron chi connectivity index (χ3n) is 2.84. The van der Waals surface area contributed by atoms with Crippen molar-refractivity contribution in [2.45, 2.75) is 25.8 Å². The van der Waals surface area contributed by atoms with Crippen molar-refractivity contribution in [2.75, 3.05) is 0 Å². The van der Waals surface area contributed by atoms with Crippen LogP contribution in [0.25, 0.3) is 0 Å². The molecule has 0 aromatic heterocycles. The number of carbonyl (C=O) groups excluding carboxylic acids is 1. The highest BCUT2D eigenvalue weighted by molar-refractivity contribution is 5.79. The van der Waals surface area contributed by atoms with E-state index in [1.54, 1.807) is 0 Å². The van der Waals surface area contributed by atoms with Crippen LogP contribution in [0.4, 0.5) is 0 Å². The molecule has 1 fully saturated rings. The van der Waals surface area contributed by atoms with Gasteiger partial charge in [0.1, 0.15) is 0 Å². The molecular weight excluding hydrogens is 174 g/mol. The molecule has 1 aliphatic rings. The first-order valence-corrected chi connectivity index (χ1v) is 5.09. The van der Waals surface area contributed by atoms with Gasteiger partial charge in [-0.3, -0.25) is 4.79 Å². The van der Waals surface area contributed by atoms with Gasteiger partial charge in [-0.05, 0) is 17.9 Å². The van der Waals surface area contributed by atoms with Crippen molar-refractivity contribution < 1.29 is 4.79 Å². The fourth-order valence-corrected chi connectivity index (χ4v) is 1.96. The van der Waals surface area contributed by atoms with Gasteiger partial charge in [-0.25, -0.2) is 0 Å². The third-order valence-corrected chi connectivity index (χ3v) is 2.84. The maximum atomic E-state index is 11.1. The lowest BCUT2D eigenvalue weighted by Gasteiger charge is -2.14. The Labute approximate surface area is 84.3 Å². The second kappa shape index (κ2) is 3.82. The number of amides is 1. The molecule has 2 rings (SSSR count). The van der Waals surface area contributed by atoms with E-state index in [-0.39, 0.29) is 5.91 Å². The number of benzene rings is 1. The minimum Gasteiger partial charge on any atom is -0.353 e. The van der Waals surface area contributed by atoms with Crippen LogP contribution in [0, 0.1) is 5.92 Å². The molecule has 1 aromatic rings. The zero-order valence-electron chi connectivity index (χ0n) is 8.36. The van der Waals surface area contributed by atoms with Crippen molar-refractivity contribution in [3.05, 3.63) is 35.9 Å². The number of nitrogens with one attached hydrogen (secondary N) is 1. The number of hydrogen-bond donors (Lipinski definition) is 1. The van der Waals surface area contributed by atoms with Crippen molar-refractivity contribution in [1.29, 1.82) is 0 Å². The topological polar surface area (TPSA) is 29.1 Å². The van der Waals surface area contributed by atoms with E-state index in [4.69, 9.17) is 0 Å². The van der Waals surface area contributed by atoms with Crippen molar-refractivity contribution in [3.63, 3.8) is 0 Å². The molecule has 1 saturated heterocycles. The van der Waals surface area contributed by atoms with Crippen LogP contribution in [0.2, 0.25) is 0 Å². The molecular formula is C12H15NO. The Bertz CT molecular complexity index is 320. The summed E-state index contributed by atoms with van der Waals surface area (Å²) in [5.41, 5.74) is 1.30. The minimum atomic E-state index is 0.193. The Balaban J connectivity index is 2.02. The second-order valence-electron chi connectivity index (χ2n) is 4.05. The van der Waals surface area contributed by atoms with Crippen LogP contribution < -0.4 is 5.32 Å². The van der Waals surface area contributed by atoms with Crippen molar-refractivity contribution in [3.8, 4) is 0 Å². The number of carbonyl (C=O) groups is 1. The van der Waals surface area contributed by atoms with Gasteiger partial charge in [0.15, 0.2) is 0 Å². The molecule has 2 nitrogen and oxygen atoms in total. The first-order valence-electron chi connectivity index (χ1n) is 5.09. The zero-order valence-corrected chi connectivity index (χ0v) is 8.36. The summed E-state index contributed by atoms with van der Waals surface area (Å²) in [5.74, 6) is 0.654. The van der Waals surface area contributed by atoms with E-state index in [1.807, 2.05) is 18.2 Å². The highest BCUT2D eigenvalue weighted by atomic mass is 16.1. The summed E-state index contributed by atoms with van der Waals surface area (Å²) in [6, 6.07) is 10.6. The summed E-state index contributed by atoms with van der Waals surface area (Å²) in [4.78, 5) is 11.1. The molecule has 74 valence electrons. The third kappa shape index (κ3) is 1.95. The van der Waals surface area contributed by atoms with E-state index in [0.717, 1.165) is 6.42 Å². The molecule has 1 heterocycles. The number of rotatable bonds is 2. The minimum absolute atomic E-state index is 0.193. The first-order chi connectivity index (χ1) is 6.75. The molecule has 1 aliphatic heterocycles. The second-order valence-corrected chi connectivity index (χ2v) is 4.05.